The first-order valence-corrected chi connectivity index (χ1v) is 8.43. The van der Waals surface area contributed by atoms with Gasteiger partial charge in [-0.1, -0.05) is 25.1 Å². The van der Waals surface area contributed by atoms with E-state index in [1.165, 1.54) is 5.56 Å². The molecule has 0 saturated carbocycles. The van der Waals surface area contributed by atoms with Crippen LogP contribution >= 0.6 is 0 Å². The van der Waals surface area contributed by atoms with Crippen molar-refractivity contribution < 1.29 is 14.3 Å². The van der Waals surface area contributed by atoms with Crippen molar-refractivity contribution in [2.45, 2.75) is 32.3 Å². The number of nitrogens with zero attached hydrogens (tertiary/aromatic N) is 1. The van der Waals surface area contributed by atoms with Crippen LogP contribution in [-0.4, -0.2) is 25.7 Å². The van der Waals surface area contributed by atoms with E-state index in [-0.39, 0.29) is 5.91 Å². The average molecular weight is 325 g/mol. The lowest BCUT2D eigenvalue weighted by molar-refractivity contribution is -0.125. The molecule has 1 atom stereocenters. The van der Waals surface area contributed by atoms with E-state index >= 15 is 0 Å². The fraction of sp³-hybridized carbons (Fsp3) is 0.350. The van der Waals surface area contributed by atoms with Gasteiger partial charge in [-0.2, -0.15) is 0 Å². The lowest BCUT2D eigenvalue weighted by Gasteiger charge is -2.32. The van der Waals surface area contributed by atoms with Crippen molar-refractivity contribution >= 4 is 11.6 Å². The number of para-hydroxylation sites is 1. The minimum absolute atomic E-state index is 0.0282. The molecule has 0 unspecified atom stereocenters. The molecule has 4 heteroatoms. The summed E-state index contributed by atoms with van der Waals surface area (Å²) in [5, 5.41) is 0. The van der Waals surface area contributed by atoms with E-state index in [9.17, 15) is 4.79 Å². The Labute approximate surface area is 143 Å². The Morgan fingerprint density at radius 1 is 1.12 bits per heavy atom. The van der Waals surface area contributed by atoms with Gasteiger partial charge >= 0.3 is 0 Å². The largest absolute Gasteiger partial charge is 0.497 e. The van der Waals surface area contributed by atoms with Crippen LogP contribution in [0.3, 0.4) is 0 Å². The summed E-state index contributed by atoms with van der Waals surface area (Å²) < 4.78 is 11.1. The first-order chi connectivity index (χ1) is 11.7. The minimum Gasteiger partial charge on any atom is -0.497 e. The molecule has 1 heterocycles. The van der Waals surface area contributed by atoms with Crippen LogP contribution < -0.4 is 14.4 Å². The molecule has 0 saturated heterocycles. The molecule has 24 heavy (non-hydrogen) atoms. The molecule has 3 rings (SSSR count). The van der Waals surface area contributed by atoms with Gasteiger partial charge in [0.15, 0.2) is 6.10 Å². The fourth-order valence-corrected chi connectivity index (χ4v) is 3.06. The summed E-state index contributed by atoms with van der Waals surface area (Å²) >= 11 is 0. The summed E-state index contributed by atoms with van der Waals surface area (Å²) in [6, 6.07) is 15.5. The predicted octanol–water partition coefficient (Wildman–Crippen LogP) is 3.83. The molecule has 0 bridgehead atoms. The molecule has 4 nitrogen and oxygen atoms in total. The van der Waals surface area contributed by atoms with Gasteiger partial charge in [0.1, 0.15) is 11.5 Å². The van der Waals surface area contributed by atoms with Crippen molar-refractivity contribution in [1.82, 2.24) is 0 Å². The van der Waals surface area contributed by atoms with Gasteiger partial charge in [-0.15, -0.1) is 0 Å². The van der Waals surface area contributed by atoms with Crippen LogP contribution in [0.15, 0.2) is 48.5 Å². The Kier molecular flexibility index (Phi) is 5.04. The van der Waals surface area contributed by atoms with Crippen molar-refractivity contribution in [3.8, 4) is 11.5 Å². The third kappa shape index (κ3) is 3.37. The van der Waals surface area contributed by atoms with Gasteiger partial charge in [-0.25, -0.2) is 0 Å². The molecular weight excluding hydrogens is 302 g/mol. The van der Waals surface area contributed by atoms with Gasteiger partial charge in [0.25, 0.3) is 5.91 Å². The number of rotatable bonds is 5. The zero-order valence-corrected chi connectivity index (χ0v) is 14.2. The van der Waals surface area contributed by atoms with E-state index in [0.717, 1.165) is 30.8 Å². The van der Waals surface area contributed by atoms with Crippen LogP contribution in [0.5, 0.6) is 11.5 Å². The average Bonchev–Trinajstić information content (AvgIpc) is 2.65. The lowest BCUT2D eigenvalue weighted by Crippen LogP contribution is -2.44. The maximum Gasteiger partial charge on any atom is 0.268 e. The molecule has 2 aromatic rings. The second kappa shape index (κ2) is 7.39. The van der Waals surface area contributed by atoms with Gasteiger partial charge in [0.2, 0.25) is 0 Å². The van der Waals surface area contributed by atoms with Crippen LogP contribution in [0.4, 0.5) is 5.69 Å². The Hall–Kier alpha value is -2.49. The number of aryl methyl sites for hydroxylation is 1. The number of carbonyl (C=O) groups excluding carboxylic acids is 1. The smallest absolute Gasteiger partial charge is 0.268 e. The molecule has 0 radical (unpaired) electrons. The van der Waals surface area contributed by atoms with Gasteiger partial charge in [-0.05, 0) is 55.2 Å². The molecule has 1 amide bonds. The summed E-state index contributed by atoms with van der Waals surface area (Å²) in [6.45, 7) is 2.72. The normalized spacial score (nSPS) is 14.7. The van der Waals surface area contributed by atoms with Crippen molar-refractivity contribution in [3.63, 3.8) is 0 Å². The van der Waals surface area contributed by atoms with E-state index in [2.05, 4.69) is 6.07 Å². The number of carbonyl (C=O) groups is 1. The Balaban J connectivity index is 1.77. The van der Waals surface area contributed by atoms with E-state index in [0.29, 0.717) is 12.2 Å². The second-order valence-corrected chi connectivity index (χ2v) is 5.91. The highest BCUT2D eigenvalue weighted by atomic mass is 16.5. The molecule has 0 aliphatic carbocycles. The number of methoxy groups -OCH3 is 1. The first-order valence-electron chi connectivity index (χ1n) is 8.43. The van der Waals surface area contributed by atoms with E-state index in [4.69, 9.17) is 9.47 Å². The maximum absolute atomic E-state index is 13.0. The Bertz CT molecular complexity index is 696. The first kappa shape index (κ1) is 16.4. The summed E-state index contributed by atoms with van der Waals surface area (Å²) in [5.74, 6) is 1.48. The van der Waals surface area contributed by atoms with Crippen LogP contribution in [0.2, 0.25) is 0 Å². The molecule has 0 fully saturated rings. The number of amides is 1. The summed E-state index contributed by atoms with van der Waals surface area (Å²) in [7, 11) is 1.63. The molecule has 126 valence electrons. The molecule has 1 aliphatic rings. The number of hydrogen-bond donors (Lipinski definition) is 0. The van der Waals surface area contributed by atoms with Crippen molar-refractivity contribution in [3.05, 3.63) is 54.1 Å². The standard InChI is InChI=1S/C20H23NO3/c1-3-19(24-17-12-10-16(23-2)11-13-17)20(22)21-14-6-8-15-7-4-5-9-18(15)21/h4-5,7,9-13,19H,3,6,8,14H2,1-2H3/t19-/m0/s1. The van der Waals surface area contributed by atoms with Crippen LogP contribution in [0.1, 0.15) is 25.3 Å². The van der Waals surface area contributed by atoms with Crippen LogP contribution in [-0.2, 0) is 11.2 Å². The SMILES string of the molecule is CC[C@H](Oc1ccc(OC)cc1)C(=O)N1CCCc2ccccc21. The Morgan fingerprint density at radius 3 is 2.54 bits per heavy atom. The molecule has 0 aromatic heterocycles. The highest BCUT2D eigenvalue weighted by molar-refractivity contribution is 5.97. The third-order valence-corrected chi connectivity index (χ3v) is 4.36. The van der Waals surface area contributed by atoms with E-state index in [1.54, 1.807) is 7.11 Å². The second-order valence-electron chi connectivity index (χ2n) is 5.91. The molecule has 1 aliphatic heterocycles. The molecular formula is C20H23NO3. The van der Waals surface area contributed by atoms with Crippen molar-refractivity contribution in [1.29, 1.82) is 0 Å². The summed E-state index contributed by atoms with van der Waals surface area (Å²) in [5.41, 5.74) is 2.25. The van der Waals surface area contributed by atoms with Crippen molar-refractivity contribution in [2.75, 3.05) is 18.6 Å². The van der Waals surface area contributed by atoms with E-state index < -0.39 is 6.10 Å². The number of benzene rings is 2. The fourth-order valence-electron chi connectivity index (χ4n) is 3.06. The quantitative estimate of drug-likeness (QED) is 0.838. The number of fused-ring (bicyclic) bond motifs is 1. The topological polar surface area (TPSA) is 38.8 Å². The molecule has 0 spiro atoms. The number of ether oxygens (including phenoxy) is 2. The zero-order chi connectivity index (χ0) is 16.9. The highest BCUT2D eigenvalue weighted by Gasteiger charge is 2.28. The highest BCUT2D eigenvalue weighted by Crippen LogP contribution is 2.28. The van der Waals surface area contributed by atoms with Crippen LogP contribution in [0, 0.1) is 0 Å². The summed E-state index contributed by atoms with van der Waals surface area (Å²) in [6.07, 6.45) is 2.16. The number of hydrogen-bond acceptors (Lipinski definition) is 3. The minimum atomic E-state index is -0.482. The molecule has 0 N–H and O–H groups in total. The predicted molar refractivity (Wildman–Crippen MR) is 94.8 cm³/mol. The maximum atomic E-state index is 13.0. The lowest BCUT2D eigenvalue weighted by atomic mass is 10.0. The van der Waals surface area contributed by atoms with Crippen LogP contribution in [0.25, 0.3) is 0 Å². The third-order valence-electron chi connectivity index (χ3n) is 4.36. The van der Waals surface area contributed by atoms with Gasteiger partial charge in [0.05, 0.1) is 7.11 Å². The summed E-state index contributed by atoms with van der Waals surface area (Å²) in [4.78, 5) is 14.9. The van der Waals surface area contributed by atoms with E-state index in [1.807, 2.05) is 54.3 Å². The zero-order valence-electron chi connectivity index (χ0n) is 14.2. The number of anilines is 1. The Morgan fingerprint density at radius 2 is 1.83 bits per heavy atom. The monoisotopic (exact) mass is 325 g/mol. The van der Waals surface area contributed by atoms with Crippen molar-refractivity contribution in [2.24, 2.45) is 0 Å². The van der Waals surface area contributed by atoms with Gasteiger partial charge in [0, 0.05) is 12.2 Å². The molecule has 2 aromatic carbocycles. The van der Waals surface area contributed by atoms with Gasteiger partial charge in [-0.3, -0.25) is 4.79 Å². The van der Waals surface area contributed by atoms with Gasteiger partial charge < -0.3 is 14.4 Å².